The van der Waals surface area contributed by atoms with Crippen molar-refractivity contribution in [2.45, 2.75) is 57.0 Å². The Morgan fingerprint density at radius 3 is 1.77 bits per heavy atom. The van der Waals surface area contributed by atoms with Crippen molar-refractivity contribution >= 4 is 30.6 Å². The Kier molecular flexibility index (Phi) is 5.38. The molecule has 4 bridgehead atoms. The smallest absolute Gasteiger partial charge is 0.255 e. The molecular formula is C26H31N2O2P. The fourth-order valence-corrected chi connectivity index (χ4v) is 9.90. The summed E-state index contributed by atoms with van der Waals surface area (Å²) in [5.41, 5.74) is 1.67. The first-order valence-electron chi connectivity index (χ1n) is 11.5. The maximum Gasteiger partial charge on any atom is 0.255 e. The van der Waals surface area contributed by atoms with Gasteiger partial charge in [0.2, 0.25) is 0 Å². The van der Waals surface area contributed by atoms with Crippen LogP contribution in [0.15, 0.2) is 60.7 Å². The van der Waals surface area contributed by atoms with Gasteiger partial charge in [-0.25, -0.2) is 0 Å². The van der Waals surface area contributed by atoms with Crippen LogP contribution in [0.3, 0.4) is 0 Å². The molecule has 4 nitrogen and oxygen atoms in total. The summed E-state index contributed by atoms with van der Waals surface area (Å²) in [6.07, 6.45) is 8.10. The SMILES string of the molecule is CCC12C[C@H]3C[C@H](C1)CC(P(C(=O)Nc1ccccc1)C(=O)Nc1ccccc1)(C3)C2. The van der Waals surface area contributed by atoms with E-state index in [0.29, 0.717) is 17.3 Å². The summed E-state index contributed by atoms with van der Waals surface area (Å²) < 4.78 is 0. The lowest BCUT2D eigenvalue weighted by Gasteiger charge is -2.63. The second-order valence-electron chi connectivity index (χ2n) is 9.97. The molecule has 4 saturated carbocycles. The van der Waals surface area contributed by atoms with Gasteiger partial charge in [-0.1, -0.05) is 49.7 Å². The first-order chi connectivity index (χ1) is 15.0. The number of anilines is 2. The van der Waals surface area contributed by atoms with Gasteiger partial charge in [-0.15, -0.1) is 0 Å². The third-order valence-electron chi connectivity index (χ3n) is 7.83. The molecule has 2 amide bonds. The number of para-hydroxylation sites is 2. The lowest BCUT2D eigenvalue weighted by molar-refractivity contribution is -0.0408. The van der Waals surface area contributed by atoms with Crippen molar-refractivity contribution in [2.75, 3.05) is 10.6 Å². The van der Waals surface area contributed by atoms with E-state index in [1.54, 1.807) is 0 Å². The van der Waals surface area contributed by atoms with Crippen molar-refractivity contribution in [1.82, 2.24) is 0 Å². The summed E-state index contributed by atoms with van der Waals surface area (Å²) in [7, 11) is -1.54. The van der Waals surface area contributed by atoms with Gasteiger partial charge >= 0.3 is 0 Å². The Hall–Kier alpha value is -2.19. The lowest BCUT2D eigenvalue weighted by atomic mass is 9.48. The minimum atomic E-state index is -1.54. The standard InChI is InChI=1S/C26H31N2O2P/c1-2-25-14-19-13-20(15-25)17-26(16-19,18-25)31(23(29)27-21-9-5-3-6-10-21)24(30)28-22-11-7-4-8-12-22/h3-12,19-20H,2,13-18H2,1H3,(H,27,29)(H,28,30)/t19-,20-,25?,26?/m1/s1. The van der Waals surface area contributed by atoms with Crippen molar-refractivity contribution in [3.8, 4) is 0 Å². The van der Waals surface area contributed by atoms with Crippen LogP contribution in [0.1, 0.15) is 51.9 Å². The molecule has 0 saturated heterocycles. The van der Waals surface area contributed by atoms with Crippen LogP contribution in [-0.2, 0) is 0 Å². The summed E-state index contributed by atoms with van der Waals surface area (Å²) in [5, 5.41) is 6.01. The van der Waals surface area contributed by atoms with E-state index in [2.05, 4.69) is 17.6 Å². The lowest BCUT2D eigenvalue weighted by Crippen LogP contribution is -2.56. The number of hydrogen-bond acceptors (Lipinski definition) is 2. The Labute approximate surface area is 186 Å². The average molecular weight is 435 g/mol. The molecule has 4 aliphatic carbocycles. The highest BCUT2D eigenvalue weighted by atomic mass is 31.1. The van der Waals surface area contributed by atoms with Crippen LogP contribution in [-0.4, -0.2) is 16.5 Å². The summed E-state index contributed by atoms with van der Waals surface area (Å²) in [6, 6.07) is 19.1. The van der Waals surface area contributed by atoms with Crippen LogP contribution in [0.2, 0.25) is 0 Å². The summed E-state index contributed by atoms with van der Waals surface area (Å²) >= 11 is 0. The Morgan fingerprint density at radius 2 is 1.32 bits per heavy atom. The Morgan fingerprint density at radius 1 is 0.839 bits per heavy atom. The van der Waals surface area contributed by atoms with Gasteiger partial charge in [-0.3, -0.25) is 9.59 Å². The maximum absolute atomic E-state index is 13.7. The van der Waals surface area contributed by atoms with Gasteiger partial charge in [0.05, 0.1) is 7.92 Å². The third kappa shape index (κ3) is 3.91. The zero-order valence-corrected chi connectivity index (χ0v) is 19.0. The molecule has 31 heavy (non-hydrogen) atoms. The minimum absolute atomic E-state index is 0.0946. The highest BCUT2D eigenvalue weighted by Gasteiger charge is 2.62. The molecule has 5 heteroatoms. The molecule has 2 aromatic carbocycles. The number of hydrogen-bond donors (Lipinski definition) is 2. The molecule has 4 fully saturated rings. The van der Waals surface area contributed by atoms with E-state index in [-0.39, 0.29) is 16.5 Å². The van der Waals surface area contributed by atoms with Crippen molar-refractivity contribution in [1.29, 1.82) is 0 Å². The van der Waals surface area contributed by atoms with Crippen LogP contribution in [0.4, 0.5) is 21.0 Å². The van der Waals surface area contributed by atoms with Crippen molar-refractivity contribution in [2.24, 2.45) is 17.3 Å². The maximum atomic E-state index is 13.7. The molecule has 6 rings (SSSR count). The predicted molar refractivity (Wildman–Crippen MR) is 128 cm³/mol. The van der Waals surface area contributed by atoms with E-state index in [0.717, 1.165) is 37.1 Å². The number of rotatable bonds is 6. The zero-order chi connectivity index (χ0) is 21.5. The van der Waals surface area contributed by atoms with Crippen molar-refractivity contribution in [3.63, 3.8) is 0 Å². The van der Waals surface area contributed by atoms with E-state index in [1.807, 2.05) is 60.7 Å². The van der Waals surface area contributed by atoms with Gasteiger partial charge < -0.3 is 10.6 Å². The Balaban J connectivity index is 1.49. The van der Waals surface area contributed by atoms with E-state index in [4.69, 9.17) is 0 Å². The van der Waals surface area contributed by atoms with Gasteiger partial charge in [-0.2, -0.15) is 0 Å². The number of benzene rings is 2. The molecule has 0 aliphatic heterocycles. The topological polar surface area (TPSA) is 58.2 Å². The summed E-state index contributed by atoms with van der Waals surface area (Å²) in [6.45, 7) is 2.30. The highest BCUT2D eigenvalue weighted by Crippen LogP contribution is 2.73. The van der Waals surface area contributed by atoms with Gasteiger partial charge in [0.15, 0.2) is 0 Å². The zero-order valence-electron chi connectivity index (χ0n) is 18.1. The predicted octanol–water partition coefficient (Wildman–Crippen LogP) is 7.68. The number of carbonyl (C=O) groups excluding carboxylic acids is 2. The fourth-order valence-electron chi connectivity index (χ4n) is 7.00. The normalized spacial score (nSPS) is 30.9. The molecule has 0 radical (unpaired) electrons. The summed E-state index contributed by atoms with van der Waals surface area (Å²) in [4.78, 5) is 27.4. The number of amides is 2. The molecule has 0 aromatic heterocycles. The van der Waals surface area contributed by atoms with E-state index in [9.17, 15) is 9.59 Å². The fraction of sp³-hybridized carbons (Fsp3) is 0.462. The highest BCUT2D eigenvalue weighted by molar-refractivity contribution is 7.90. The Bertz CT molecular complexity index is 894. The van der Waals surface area contributed by atoms with E-state index >= 15 is 0 Å². The quantitative estimate of drug-likeness (QED) is 0.458. The second kappa shape index (κ2) is 8.06. The van der Waals surface area contributed by atoms with E-state index in [1.165, 1.54) is 19.3 Å². The molecule has 2 atom stereocenters. The number of nitrogens with one attached hydrogen (secondary N) is 2. The van der Waals surface area contributed by atoms with Crippen LogP contribution in [0, 0.1) is 17.3 Å². The molecule has 162 valence electrons. The van der Waals surface area contributed by atoms with Gasteiger partial charge in [-0.05, 0) is 80.0 Å². The van der Waals surface area contributed by atoms with Crippen molar-refractivity contribution in [3.05, 3.63) is 60.7 Å². The van der Waals surface area contributed by atoms with Crippen LogP contribution in [0.25, 0.3) is 0 Å². The third-order valence-corrected chi connectivity index (χ3v) is 10.3. The molecule has 4 aliphatic rings. The second-order valence-corrected chi connectivity index (χ2v) is 12.4. The number of carbonyl (C=O) groups is 2. The molecule has 2 aromatic rings. The monoisotopic (exact) mass is 434 g/mol. The molecule has 2 N–H and O–H groups in total. The van der Waals surface area contributed by atoms with Crippen LogP contribution < -0.4 is 10.6 Å². The van der Waals surface area contributed by atoms with Gasteiger partial charge in [0.25, 0.3) is 11.3 Å². The van der Waals surface area contributed by atoms with Gasteiger partial charge in [0.1, 0.15) is 0 Å². The molecular weight excluding hydrogens is 403 g/mol. The largest absolute Gasteiger partial charge is 0.322 e. The minimum Gasteiger partial charge on any atom is -0.322 e. The van der Waals surface area contributed by atoms with Crippen LogP contribution >= 0.6 is 7.92 Å². The first-order valence-corrected chi connectivity index (χ1v) is 12.9. The van der Waals surface area contributed by atoms with E-state index < -0.39 is 7.92 Å². The molecule has 0 unspecified atom stereocenters. The molecule has 0 spiro atoms. The van der Waals surface area contributed by atoms with Crippen LogP contribution in [0.5, 0.6) is 0 Å². The first kappa shape index (κ1) is 20.7. The summed E-state index contributed by atoms with van der Waals surface area (Å²) in [5.74, 6) is 1.33. The van der Waals surface area contributed by atoms with Gasteiger partial charge in [0, 0.05) is 16.5 Å². The van der Waals surface area contributed by atoms with Crippen molar-refractivity contribution < 1.29 is 9.59 Å². The molecule has 0 heterocycles. The average Bonchev–Trinajstić information content (AvgIpc) is 2.74.